The Kier molecular flexibility index (Phi) is 4.62. The van der Waals surface area contributed by atoms with Crippen molar-refractivity contribution in [3.05, 3.63) is 64.5 Å². The van der Waals surface area contributed by atoms with E-state index >= 15 is 0 Å². The Balaban J connectivity index is 1.87. The number of rotatable bonds is 4. The minimum Gasteiger partial charge on any atom is -0.462 e. The largest absolute Gasteiger partial charge is 0.462 e. The van der Waals surface area contributed by atoms with Crippen molar-refractivity contribution in [2.75, 3.05) is 11.9 Å². The van der Waals surface area contributed by atoms with Gasteiger partial charge in [-0.3, -0.25) is 4.79 Å². The summed E-state index contributed by atoms with van der Waals surface area (Å²) >= 11 is 1.23. The summed E-state index contributed by atoms with van der Waals surface area (Å²) in [7, 11) is 0. The molecule has 0 aliphatic carbocycles. The number of fused-ring (bicyclic) bond motifs is 1. The fourth-order valence-electron chi connectivity index (χ4n) is 2.55. The first-order chi connectivity index (χ1) is 11.6. The van der Waals surface area contributed by atoms with E-state index in [1.165, 1.54) is 11.3 Å². The number of anilines is 1. The molecule has 5 heteroatoms. The van der Waals surface area contributed by atoms with Crippen molar-refractivity contribution < 1.29 is 14.3 Å². The summed E-state index contributed by atoms with van der Waals surface area (Å²) in [5.41, 5.74) is 1.41. The van der Waals surface area contributed by atoms with Gasteiger partial charge in [0.2, 0.25) is 0 Å². The maximum Gasteiger partial charge on any atom is 0.348 e. The van der Waals surface area contributed by atoms with Crippen LogP contribution < -0.4 is 5.32 Å². The van der Waals surface area contributed by atoms with E-state index in [2.05, 4.69) is 5.32 Å². The van der Waals surface area contributed by atoms with E-state index in [-0.39, 0.29) is 11.9 Å². The molecule has 3 rings (SSSR count). The minimum atomic E-state index is -0.356. The second kappa shape index (κ2) is 6.84. The van der Waals surface area contributed by atoms with Crippen molar-refractivity contribution in [2.45, 2.75) is 13.8 Å². The Morgan fingerprint density at radius 2 is 1.88 bits per heavy atom. The van der Waals surface area contributed by atoms with Gasteiger partial charge < -0.3 is 10.1 Å². The van der Waals surface area contributed by atoms with Crippen LogP contribution in [0.25, 0.3) is 10.8 Å². The fourth-order valence-corrected chi connectivity index (χ4v) is 3.51. The first-order valence-electron chi connectivity index (χ1n) is 7.67. The van der Waals surface area contributed by atoms with Crippen molar-refractivity contribution in [3.8, 4) is 0 Å². The molecule has 0 unspecified atom stereocenters. The third kappa shape index (κ3) is 3.16. The Morgan fingerprint density at radius 1 is 1.12 bits per heavy atom. The summed E-state index contributed by atoms with van der Waals surface area (Å²) in [5, 5.41) is 5.43. The molecule has 122 valence electrons. The van der Waals surface area contributed by atoms with Gasteiger partial charge in [-0.05, 0) is 42.3 Å². The van der Waals surface area contributed by atoms with E-state index in [0.717, 1.165) is 16.3 Å². The van der Waals surface area contributed by atoms with Gasteiger partial charge in [0, 0.05) is 5.56 Å². The zero-order chi connectivity index (χ0) is 17.1. The van der Waals surface area contributed by atoms with Crippen molar-refractivity contribution in [3.63, 3.8) is 0 Å². The smallest absolute Gasteiger partial charge is 0.348 e. The first-order valence-corrected chi connectivity index (χ1v) is 8.48. The average Bonchev–Trinajstić information content (AvgIpc) is 2.95. The standard InChI is InChI=1S/C19H17NO3S/c1-3-23-19(22)17-12(2)11-16(24-17)20-18(21)15-10-6-8-13-7-4-5-9-14(13)15/h4-11H,3H2,1-2H3,(H,20,21). The Bertz CT molecular complexity index is 909. The molecule has 0 aliphatic rings. The lowest BCUT2D eigenvalue weighted by molar-refractivity contribution is 0.0531. The third-order valence-corrected chi connectivity index (χ3v) is 4.78. The highest BCUT2D eigenvalue weighted by atomic mass is 32.1. The molecule has 1 amide bonds. The normalized spacial score (nSPS) is 10.6. The molecule has 3 aromatic rings. The zero-order valence-corrected chi connectivity index (χ0v) is 14.3. The van der Waals surface area contributed by atoms with E-state index in [9.17, 15) is 9.59 Å². The van der Waals surface area contributed by atoms with Crippen LogP contribution in [0.5, 0.6) is 0 Å². The average molecular weight is 339 g/mol. The van der Waals surface area contributed by atoms with Crippen LogP contribution in [-0.2, 0) is 4.74 Å². The van der Waals surface area contributed by atoms with Crippen LogP contribution in [0.3, 0.4) is 0 Å². The lowest BCUT2D eigenvalue weighted by Gasteiger charge is -2.06. The SMILES string of the molecule is CCOC(=O)c1sc(NC(=O)c2cccc3ccccc23)cc1C. The van der Waals surface area contributed by atoms with Gasteiger partial charge >= 0.3 is 5.97 Å². The summed E-state index contributed by atoms with van der Waals surface area (Å²) in [5.74, 6) is -0.547. The molecule has 24 heavy (non-hydrogen) atoms. The van der Waals surface area contributed by atoms with E-state index < -0.39 is 0 Å². The van der Waals surface area contributed by atoms with Crippen molar-refractivity contribution >= 4 is 39.0 Å². The lowest BCUT2D eigenvalue weighted by atomic mass is 10.0. The topological polar surface area (TPSA) is 55.4 Å². The number of ether oxygens (including phenoxy) is 1. The van der Waals surface area contributed by atoms with Crippen LogP contribution in [0, 0.1) is 6.92 Å². The number of esters is 1. The van der Waals surface area contributed by atoms with Crippen LogP contribution >= 0.6 is 11.3 Å². The molecular formula is C19H17NO3S. The monoisotopic (exact) mass is 339 g/mol. The predicted octanol–water partition coefficient (Wildman–Crippen LogP) is 4.64. The summed E-state index contributed by atoms with van der Waals surface area (Å²) in [6, 6.07) is 15.2. The van der Waals surface area contributed by atoms with Crippen LogP contribution in [0.2, 0.25) is 0 Å². The minimum absolute atomic E-state index is 0.191. The molecule has 2 aromatic carbocycles. The highest BCUT2D eigenvalue weighted by Gasteiger charge is 2.17. The molecule has 0 radical (unpaired) electrons. The predicted molar refractivity (Wildman–Crippen MR) is 96.9 cm³/mol. The molecule has 0 atom stereocenters. The zero-order valence-electron chi connectivity index (χ0n) is 13.5. The summed E-state index contributed by atoms with van der Waals surface area (Å²) in [6.07, 6.45) is 0. The molecule has 0 aliphatic heterocycles. The van der Waals surface area contributed by atoms with Gasteiger partial charge in [0.05, 0.1) is 11.6 Å². The second-order valence-corrected chi connectivity index (χ2v) is 6.38. The van der Waals surface area contributed by atoms with E-state index in [1.807, 2.05) is 43.3 Å². The molecule has 0 saturated carbocycles. The van der Waals surface area contributed by atoms with Gasteiger partial charge in [0.25, 0.3) is 5.91 Å². The Morgan fingerprint density at radius 3 is 2.67 bits per heavy atom. The van der Waals surface area contributed by atoms with Crippen molar-refractivity contribution in [1.82, 2.24) is 0 Å². The molecule has 0 spiro atoms. The molecule has 1 N–H and O–H groups in total. The summed E-state index contributed by atoms with van der Waals surface area (Å²) in [6.45, 7) is 3.92. The number of thiophene rings is 1. The van der Waals surface area contributed by atoms with Crippen molar-refractivity contribution in [1.29, 1.82) is 0 Å². The molecule has 1 aromatic heterocycles. The fraction of sp³-hybridized carbons (Fsp3) is 0.158. The number of carbonyl (C=O) groups is 2. The number of amides is 1. The highest BCUT2D eigenvalue weighted by Crippen LogP contribution is 2.28. The van der Waals surface area contributed by atoms with Crippen LogP contribution in [-0.4, -0.2) is 18.5 Å². The molecule has 0 saturated heterocycles. The number of aryl methyl sites for hydroxylation is 1. The number of carbonyl (C=O) groups excluding carboxylic acids is 2. The van der Waals surface area contributed by atoms with Gasteiger partial charge in [0.1, 0.15) is 4.88 Å². The van der Waals surface area contributed by atoms with Crippen LogP contribution in [0.4, 0.5) is 5.00 Å². The third-order valence-electron chi connectivity index (χ3n) is 3.65. The van der Waals surface area contributed by atoms with Gasteiger partial charge in [-0.2, -0.15) is 0 Å². The summed E-state index contributed by atoms with van der Waals surface area (Å²) in [4.78, 5) is 25.0. The van der Waals surface area contributed by atoms with E-state index in [1.54, 1.807) is 19.1 Å². The Hall–Kier alpha value is -2.66. The highest BCUT2D eigenvalue weighted by molar-refractivity contribution is 7.18. The molecule has 0 bridgehead atoms. The maximum atomic E-state index is 12.6. The lowest BCUT2D eigenvalue weighted by Crippen LogP contribution is -2.11. The number of hydrogen-bond acceptors (Lipinski definition) is 4. The van der Waals surface area contributed by atoms with Gasteiger partial charge in [0.15, 0.2) is 0 Å². The van der Waals surface area contributed by atoms with Crippen LogP contribution in [0.1, 0.15) is 32.5 Å². The molecule has 4 nitrogen and oxygen atoms in total. The van der Waals surface area contributed by atoms with Gasteiger partial charge in [-0.15, -0.1) is 11.3 Å². The van der Waals surface area contributed by atoms with Gasteiger partial charge in [-0.25, -0.2) is 4.79 Å². The summed E-state index contributed by atoms with van der Waals surface area (Å²) < 4.78 is 5.03. The van der Waals surface area contributed by atoms with Crippen LogP contribution in [0.15, 0.2) is 48.5 Å². The number of nitrogens with one attached hydrogen (secondary N) is 1. The number of hydrogen-bond donors (Lipinski definition) is 1. The van der Waals surface area contributed by atoms with Crippen molar-refractivity contribution in [2.24, 2.45) is 0 Å². The molecular weight excluding hydrogens is 322 g/mol. The van der Waals surface area contributed by atoms with Gasteiger partial charge in [-0.1, -0.05) is 36.4 Å². The second-order valence-electron chi connectivity index (χ2n) is 5.32. The molecule has 1 heterocycles. The number of benzene rings is 2. The maximum absolute atomic E-state index is 12.6. The first kappa shape index (κ1) is 16.2. The Labute approximate surface area is 144 Å². The molecule has 0 fully saturated rings. The quantitative estimate of drug-likeness (QED) is 0.705. The van der Waals surface area contributed by atoms with E-state index in [0.29, 0.717) is 22.0 Å². The van der Waals surface area contributed by atoms with E-state index in [4.69, 9.17) is 4.74 Å².